The maximum Gasteiger partial charge on any atom is 0.410 e. The van der Waals surface area contributed by atoms with Crippen LogP contribution in [0.2, 0.25) is 0 Å². The largest absolute Gasteiger partial charge is 0.445 e. The third kappa shape index (κ3) is 3.64. The number of likely N-dealkylation sites (tertiary alicyclic amines) is 1. The first kappa shape index (κ1) is 15.8. The Morgan fingerprint density at radius 2 is 2.04 bits per heavy atom. The molecular weight excluding hydrogens is 294 g/mol. The van der Waals surface area contributed by atoms with Gasteiger partial charge in [-0.25, -0.2) is 4.79 Å². The number of likely N-dealkylation sites (N-methyl/N-ethyl adjacent to an activating group) is 1. The lowest BCUT2D eigenvalue weighted by atomic mass is 9.98. The summed E-state index contributed by atoms with van der Waals surface area (Å²) in [6, 6.07) is 9.86. The van der Waals surface area contributed by atoms with E-state index < -0.39 is 0 Å². The Morgan fingerprint density at radius 3 is 2.70 bits per heavy atom. The molecule has 1 unspecified atom stereocenters. The molecule has 23 heavy (non-hydrogen) atoms. The van der Waals surface area contributed by atoms with Crippen LogP contribution >= 0.6 is 0 Å². The Labute approximate surface area is 136 Å². The molecule has 6 heteroatoms. The Kier molecular flexibility index (Phi) is 4.81. The fourth-order valence-corrected chi connectivity index (χ4v) is 3.03. The second kappa shape index (κ2) is 7.00. The van der Waals surface area contributed by atoms with Gasteiger partial charge in [0, 0.05) is 32.7 Å². The summed E-state index contributed by atoms with van der Waals surface area (Å²) in [6.07, 6.45) is 0.653. The number of benzene rings is 1. The number of amides is 2. The lowest BCUT2D eigenvalue weighted by molar-refractivity contribution is -0.140. The van der Waals surface area contributed by atoms with Gasteiger partial charge in [-0.1, -0.05) is 30.3 Å². The van der Waals surface area contributed by atoms with E-state index in [1.165, 1.54) is 0 Å². The van der Waals surface area contributed by atoms with E-state index in [2.05, 4.69) is 5.32 Å². The molecule has 1 aromatic carbocycles. The average molecular weight is 317 g/mol. The van der Waals surface area contributed by atoms with Crippen LogP contribution in [0.5, 0.6) is 0 Å². The molecule has 2 aliphatic heterocycles. The number of ether oxygens (including phenoxy) is 1. The van der Waals surface area contributed by atoms with Gasteiger partial charge in [-0.15, -0.1) is 0 Å². The van der Waals surface area contributed by atoms with Gasteiger partial charge >= 0.3 is 6.09 Å². The number of hydrogen-bond donors (Lipinski definition) is 1. The summed E-state index contributed by atoms with van der Waals surface area (Å²) in [5.74, 6) is 0.0377. The summed E-state index contributed by atoms with van der Waals surface area (Å²) in [6.45, 7) is 3.00. The normalized spacial score (nSPS) is 20.9. The summed E-state index contributed by atoms with van der Waals surface area (Å²) < 4.78 is 5.27. The molecule has 0 bridgehead atoms. The van der Waals surface area contributed by atoms with Gasteiger partial charge in [0.1, 0.15) is 6.61 Å². The van der Waals surface area contributed by atoms with Crippen LogP contribution < -0.4 is 5.32 Å². The fourth-order valence-electron chi connectivity index (χ4n) is 3.03. The molecule has 0 saturated carbocycles. The molecule has 3 rings (SSSR count). The second-order valence-corrected chi connectivity index (χ2v) is 6.24. The fraction of sp³-hybridized carbons (Fsp3) is 0.529. The summed E-state index contributed by atoms with van der Waals surface area (Å²) in [5, 5.41) is 3.26. The van der Waals surface area contributed by atoms with E-state index >= 15 is 0 Å². The molecule has 0 radical (unpaired) electrons. The molecule has 1 atom stereocenters. The smallest absolute Gasteiger partial charge is 0.410 e. The maximum atomic E-state index is 12.4. The first-order chi connectivity index (χ1) is 11.1. The van der Waals surface area contributed by atoms with Gasteiger partial charge in [-0.2, -0.15) is 0 Å². The van der Waals surface area contributed by atoms with E-state index in [9.17, 15) is 9.59 Å². The molecule has 0 spiro atoms. The van der Waals surface area contributed by atoms with Gasteiger partial charge in [-0.3, -0.25) is 4.79 Å². The van der Waals surface area contributed by atoms with Crippen LogP contribution in [0.25, 0.3) is 0 Å². The van der Waals surface area contributed by atoms with Gasteiger partial charge in [0.05, 0.1) is 5.92 Å². The maximum absolute atomic E-state index is 12.4. The third-order valence-corrected chi connectivity index (χ3v) is 4.62. The van der Waals surface area contributed by atoms with Crippen molar-refractivity contribution >= 4 is 12.0 Å². The SMILES string of the molecule is CN(C(=O)C1CN(C(=O)OCc2ccccc2)C1)C1CCNC1. The lowest BCUT2D eigenvalue weighted by Crippen LogP contribution is -2.57. The summed E-state index contributed by atoms with van der Waals surface area (Å²) >= 11 is 0. The first-order valence-electron chi connectivity index (χ1n) is 8.08. The van der Waals surface area contributed by atoms with Crippen molar-refractivity contribution < 1.29 is 14.3 Å². The van der Waals surface area contributed by atoms with Gasteiger partial charge in [0.15, 0.2) is 0 Å². The van der Waals surface area contributed by atoms with Crippen molar-refractivity contribution in [2.45, 2.75) is 19.1 Å². The van der Waals surface area contributed by atoms with E-state index in [0.29, 0.717) is 13.1 Å². The van der Waals surface area contributed by atoms with Crippen LogP contribution in [0.3, 0.4) is 0 Å². The number of nitrogens with one attached hydrogen (secondary N) is 1. The van der Waals surface area contributed by atoms with Crippen molar-refractivity contribution in [1.29, 1.82) is 0 Å². The van der Waals surface area contributed by atoms with Crippen LogP contribution in [-0.2, 0) is 16.1 Å². The third-order valence-electron chi connectivity index (χ3n) is 4.62. The highest BCUT2D eigenvalue weighted by atomic mass is 16.6. The van der Waals surface area contributed by atoms with Crippen LogP contribution in [0.15, 0.2) is 30.3 Å². The molecule has 0 aliphatic carbocycles. The van der Waals surface area contributed by atoms with Gasteiger partial charge in [-0.05, 0) is 18.5 Å². The predicted molar refractivity (Wildman–Crippen MR) is 85.7 cm³/mol. The Balaban J connectivity index is 1.41. The van der Waals surface area contributed by atoms with Crippen molar-refractivity contribution in [3.05, 3.63) is 35.9 Å². The highest BCUT2D eigenvalue weighted by Crippen LogP contribution is 2.21. The standard InChI is InChI=1S/C17H23N3O3/c1-19(15-7-8-18-9-15)16(21)14-10-20(11-14)17(22)23-12-13-5-3-2-4-6-13/h2-6,14-15,18H,7-12H2,1H3. The zero-order valence-electron chi connectivity index (χ0n) is 13.4. The summed E-state index contributed by atoms with van der Waals surface area (Å²) in [4.78, 5) is 27.8. The molecule has 2 saturated heterocycles. The number of carbonyl (C=O) groups excluding carboxylic acids is 2. The lowest BCUT2D eigenvalue weighted by Gasteiger charge is -2.40. The molecular formula is C17H23N3O3. The number of carbonyl (C=O) groups is 2. The first-order valence-corrected chi connectivity index (χ1v) is 8.08. The molecule has 2 heterocycles. The molecule has 124 valence electrons. The molecule has 6 nitrogen and oxygen atoms in total. The molecule has 0 aromatic heterocycles. The van der Waals surface area contributed by atoms with E-state index in [-0.39, 0.29) is 30.6 Å². The predicted octanol–water partition coefficient (Wildman–Crippen LogP) is 1.08. The summed E-state index contributed by atoms with van der Waals surface area (Å²) in [5.41, 5.74) is 0.961. The second-order valence-electron chi connectivity index (χ2n) is 6.24. The highest BCUT2D eigenvalue weighted by Gasteiger charge is 2.39. The van der Waals surface area contributed by atoms with Crippen molar-refractivity contribution in [2.75, 3.05) is 33.2 Å². The van der Waals surface area contributed by atoms with Crippen LogP contribution in [0, 0.1) is 5.92 Å². The van der Waals surface area contributed by atoms with E-state index in [1.807, 2.05) is 42.3 Å². The minimum atomic E-state index is -0.344. The van der Waals surface area contributed by atoms with Gasteiger partial charge in [0.25, 0.3) is 0 Å². The Bertz CT molecular complexity index is 551. The molecule has 2 aliphatic rings. The molecule has 2 amide bonds. The summed E-state index contributed by atoms with van der Waals surface area (Å²) in [7, 11) is 1.86. The van der Waals surface area contributed by atoms with Crippen molar-refractivity contribution in [3.8, 4) is 0 Å². The topological polar surface area (TPSA) is 61.9 Å². The minimum Gasteiger partial charge on any atom is -0.445 e. The Hall–Kier alpha value is -2.08. The molecule has 1 N–H and O–H groups in total. The number of rotatable bonds is 4. The molecule has 2 fully saturated rings. The van der Waals surface area contributed by atoms with Crippen LogP contribution in [0.4, 0.5) is 4.79 Å². The van der Waals surface area contributed by atoms with Crippen molar-refractivity contribution in [1.82, 2.24) is 15.1 Å². The van der Waals surface area contributed by atoms with Crippen LogP contribution in [0.1, 0.15) is 12.0 Å². The zero-order chi connectivity index (χ0) is 16.2. The monoisotopic (exact) mass is 317 g/mol. The highest BCUT2D eigenvalue weighted by molar-refractivity contribution is 5.82. The number of nitrogens with zero attached hydrogens (tertiary/aromatic N) is 2. The van der Waals surface area contributed by atoms with E-state index in [4.69, 9.17) is 4.74 Å². The van der Waals surface area contributed by atoms with Gasteiger partial charge < -0.3 is 19.9 Å². The molecule has 1 aromatic rings. The average Bonchev–Trinajstić information content (AvgIpc) is 3.06. The minimum absolute atomic E-state index is 0.0927. The Morgan fingerprint density at radius 1 is 1.30 bits per heavy atom. The quantitative estimate of drug-likeness (QED) is 0.902. The number of hydrogen-bond acceptors (Lipinski definition) is 4. The zero-order valence-corrected chi connectivity index (χ0v) is 13.4. The van der Waals surface area contributed by atoms with Crippen molar-refractivity contribution in [3.63, 3.8) is 0 Å². The van der Waals surface area contributed by atoms with E-state index in [0.717, 1.165) is 25.1 Å². The van der Waals surface area contributed by atoms with Crippen LogP contribution in [-0.4, -0.2) is 61.1 Å². The van der Waals surface area contributed by atoms with E-state index in [1.54, 1.807) is 4.90 Å². The van der Waals surface area contributed by atoms with Gasteiger partial charge in [0.2, 0.25) is 5.91 Å². The van der Waals surface area contributed by atoms with Crippen molar-refractivity contribution in [2.24, 2.45) is 5.92 Å².